The molecule has 0 aliphatic carbocycles. The van der Waals surface area contributed by atoms with Gasteiger partial charge in [-0.2, -0.15) is 13.2 Å². The maximum Gasteiger partial charge on any atom is 0.416 e. The summed E-state index contributed by atoms with van der Waals surface area (Å²) in [6.07, 6.45) is -4.40. The molecule has 0 fully saturated rings. The summed E-state index contributed by atoms with van der Waals surface area (Å²) in [6.45, 7) is 2.01. The van der Waals surface area contributed by atoms with Gasteiger partial charge in [-0.15, -0.1) is 0 Å². The van der Waals surface area contributed by atoms with Gasteiger partial charge in [0, 0.05) is 5.69 Å². The van der Waals surface area contributed by atoms with Crippen molar-refractivity contribution in [2.45, 2.75) is 19.1 Å². The highest BCUT2D eigenvalue weighted by Crippen LogP contribution is 2.31. The summed E-state index contributed by atoms with van der Waals surface area (Å²) in [7, 11) is 0. The summed E-state index contributed by atoms with van der Waals surface area (Å²) >= 11 is 5.39. The molecule has 3 aromatic carbocycles. The maximum absolute atomic E-state index is 12.9. The van der Waals surface area contributed by atoms with Crippen LogP contribution in [0.1, 0.15) is 28.3 Å². The van der Waals surface area contributed by atoms with Crippen molar-refractivity contribution < 1.29 is 13.2 Å². The standard InChI is InChI=1S/C22H19F3N2S/c1-15-8-5-6-13-19(15)20(16-9-3-2-4-10-16)27-21(28)26-18-12-7-11-17(14-18)22(23,24)25/h2-14,20H,1H3,(H2,26,27,28)/t20-/m1/s1. The molecule has 28 heavy (non-hydrogen) atoms. The van der Waals surface area contributed by atoms with Crippen molar-refractivity contribution in [2.75, 3.05) is 5.32 Å². The number of alkyl halides is 3. The van der Waals surface area contributed by atoms with Gasteiger partial charge >= 0.3 is 6.18 Å². The molecule has 6 heteroatoms. The van der Waals surface area contributed by atoms with Crippen molar-refractivity contribution in [2.24, 2.45) is 0 Å². The van der Waals surface area contributed by atoms with Crippen LogP contribution in [0.25, 0.3) is 0 Å². The molecule has 0 bridgehead atoms. The van der Waals surface area contributed by atoms with E-state index in [0.717, 1.165) is 28.8 Å². The molecule has 2 nitrogen and oxygen atoms in total. The number of nitrogens with one attached hydrogen (secondary N) is 2. The fourth-order valence-corrected chi connectivity index (χ4v) is 3.20. The summed E-state index contributed by atoms with van der Waals surface area (Å²) in [4.78, 5) is 0. The SMILES string of the molecule is Cc1ccccc1[C@H](NC(=S)Nc1cccc(C(F)(F)F)c1)c1ccccc1. The third-order valence-electron chi connectivity index (χ3n) is 4.36. The Morgan fingerprint density at radius 2 is 1.57 bits per heavy atom. The molecular formula is C22H19F3N2S. The molecule has 3 rings (SSSR count). The number of aryl methyl sites for hydroxylation is 1. The van der Waals surface area contributed by atoms with Gasteiger partial charge in [0.05, 0.1) is 11.6 Å². The van der Waals surface area contributed by atoms with Gasteiger partial charge in [0.1, 0.15) is 0 Å². The van der Waals surface area contributed by atoms with Crippen molar-refractivity contribution in [3.63, 3.8) is 0 Å². The zero-order valence-electron chi connectivity index (χ0n) is 15.1. The average Bonchev–Trinajstić information content (AvgIpc) is 2.67. The number of thiocarbonyl (C=S) groups is 1. The summed E-state index contributed by atoms with van der Waals surface area (Å²) in [6, 6.07) is 22.4. The molecule has 2 N–H and O–H groups in total. The van der Waals surface area contributed by atoms with Crippen LogP contribution in [0.5, 0.6) is 0 Å². The second kappa shape index (κ2) is 8.44. The third-order valence-corrected chi connectivity index (χ3v) is 4.58. The largest absolute Gasteiger partial charge is 0.416 e. The Hall–Kier alpha value is -2.86. The number of rotatable bonds is 4. The van der Waals surface area contributed by atoms with E-state index in [2.05, 4.69) is 10.6 Å². The second-order valence-corrected chi connectivity index (χ2v) is 6.79. The molecule has 0 amide bonds. The van der Waals surface area contributed by atoms with Crippen molar-refractivity contribution in [3.8, 4) is 0 Å². The Morgan fingerprint density at radius 1 is 0.893 bits per heavy atom. The first-order chi connectivity index (χ1) is 13.3. The molecule has 0 radical (unpaired) electrons. The zero-order valence-corrected chi connectivity index (χ0v) is 15.9. The van der Waals surface area contributed by atoms with Gasteiger partial charge in [-0.25, -0.2) is 0 Å². The number of benzene rings is 3. The molecule has 0 unspecified atom stereocenters. The van der Waals surface area contributed by atoms with Crippen LogP contribution >= 0.6 is 12.2 Å². The van der Waals surface area contributed by atoms with Gasteiger partial charge in [-0.1, -0.05) is 60.7 Å². The average molecular weight is 400 g/mol. The minimum atomic E-state index is -4.40. The van der Waals surface area contributed by atoms with Crippen LogP contribution in [-0.2, 0) is 6.18 Å². The van der Waals surface area contributed by atoms with Crippen LogP contribution in [0.3, 0.4) is 0 Å². The summed E-state index contributed by atoms with van der Waals surface area (Å²) in [5.41, 5.74) is 2.69. The molecule has 0 aliphatic rings. The lowest BCUT2D eigenvalue weighted by Crippen LogP contribution is -2.33. The minimum absolute atomic E-state index is 0.229. The molecule has 0 heterocycles. The third kappa shape index (κ3) is 4.89. The van der Waals surface area contributed by atoms with Crippen LogP contribution in [0.4, 0.5) is 18.9 Å². The Balaban J connectivity index is 1.84. The summed E-state index contributed by atoms with van der Waals surface area (Å²) in [5, 5.41) is 6.35. The summed E-state index contributed by atoms with van der Waals surface area (Å²) in [5.74, 6) is 0. The van der Waals surface area contributed by atoms with E-state index >= 15 is 0 Å². The van der Waals surface area contributed by atoms with Crippen LogP contribution in [0.15, 0.2) is 78.9 Å². The normalized spacial score (nSPS) is 12.3. The van der Waals surface area contributed by atoms with Gasteiger partial charge in [0.2, 0.25) is 0 Å². The molecule has 0 aliphatic heterocycles. The van der Waals surface area contributed by atoms with Gasteiger partial charge in [-0.3, -0.25) is 0 Å². The Morgan fingerprint density at radius 3 is 2.25 bits per heavy atom. The minimum Gasteiger partial charge on any atom is -0.352 e. The molecule has 3 aromatic rings. The van der Waals surface area contributed by atoms with Gasteiger partial charge < -0.3 is 10.6 Å². The van der Waals surface area contributed by atoms with Crippen molar-refractivity contribution >= 4 is 23.0 Å². The predicted molar refractivity (Wildman–Crippen MR) is 110 cm³/mol. The fourth-order valence-electron chi connectivity index (χ4n) is 2.97. The van der Waals surface area contributed by atoms with Crippen LogP contribution in [0, 0.1) is 6.92 Å². The summed E-state index contributed by atoms with van der Waals surface area (Å²) < 4.78 is 38.8. The van der Waals surface area contributed by atoms with Crippen LogP contribution in [0.2, 0.25) is 0 Å². The van der Waals surface area contributed by atoms with E-state index in [1.165, 1.54) is 6.07 Å². The quantitative estimate of drug-likeness (QED) is 0.518. The maximum atomic E-state index is 12.9. The van der Waals surface area contributed by atoms with Gasteiger partial charge in [-0.05, 0) is 54.0 Å². The van der Waals surface area contributed by atoms with E-state index in [1.807, 2.05) is 61.5 Å². The molecule has 0 spiro atoms. The number of halogens is 3. The molecule has 0 saturated heterocycles. The molecule has 1 atom stereocenters. The lowest BCUT2D eigenvalue weighted by Gasteiger charge is -2.23. The first kappa shape index (κ1) is 19.9. The smallest absolute Gasteiger partial charge is 0.352 e. The van der Waals surface area contributed by atoms with E-state index in [1.54, 1.807) is 6.07 Å². The van der Waals surface area contributed by atoms with E-state index in [-0.39, 0.29) is 16.8 Å². The Kier molecular flexibility index (Phi) is 5.99. The molecule has 0 aromatic heterocycles. The second-order valence-electron chi connectivity index (χ2n) is 6.38. The predicted octanol–water partition coefficient (Wildman–Crippen LogP) is 6.09. The molecule has 144 valence electrons. The van der Waals surface area contributed by atoms with Gasteiger partial charge in [0.15, 0.2) is 5.11 Å². The van der Waals surface area contributed by atoms with Crippen LogP contribution < -0.4 is 10.6 Å². The fraction of sp³-hybridized carbons (Fsp3) is 0.136. The highest BCUT2D eigenvalue weighted by atomic mass is 32.1. The topological polar surface area (TPSA) is 24.1 Å². The molecular weight excluding hydrogens is 381 g/mol. The van der Waals surface area contributed by atoms with Crippen molar-refractivity contribution in [3.05, 3.63) is 101 Å². The monoisotopic (exact) mass is 400 g/mol. The lowest BCUT2D eigenvalue weighted by molar-refractivity contribution is -0.137. The van der Waals surface area contributed by atoms with Crippen molar-refractivity contribution in [1.29, 1.82) is 0 Å². The van der Waals surface area contributed by atoms with E-state index in [4.69, 9.17) is 12.2 Å². The van der Waals surface area contributed by atoms with E-state index in [0.29, 0.717) is 0 Å². The van der Waals surface area contributed by atoms with E-state index in [9.17, 15) is 13.2 Å². The van der Waals surface area contributed by atoms with Gasteiger partial charge in [0.25, 0.3) is 0 Å². The Bertz CT molecular complexity index is 955. The highest BCUT2D eigenvalue weighted by Gasteiger charge is 2.30. The number of hydrogen-bond acceptors (Lipinski definition) is 1. The number of anilines is 1. The zero-order chi connectivity index (χ0) is 20.1. The number of hydrogen-bond donors (Lipinski definition) is 2. The Labute approximate surface area is 167 Å². The van der Waals surface area contributed by atoms with Crippen molar-refractivity contribution in [1.82, 2.24) is 5.32 Å². The first-order valence-corrected chi connectivity index (χ1v) is 9.10. The first-order valence-electron chi connectivity index (χ1n) is 8.70. The lowest BCUT2D eigenvalue weighted by atomic mass is 9.95. The van der Waals surface area contributed by atoms with Crippen LogP contribution in [-0.4, -0.2) is 5.11 Å². The molecule has 0 saturated carbocycles. The van der Waals surface area contributed by atoms with E-state index < -0.39 is 11.7 Å². The highest BCUT2D eigenvalue weighted by molar-refractivity contribution is 7.80.